The first-order valence-electron chi connectivity index (χ1n) is 6.42. The maximum Gasteiger partial charge on any atom is 0.230 e. The fourth-order valence-corrected chi connectivity index (χ4v) is 2.66. The highest BCUT2D eigenvalue weighted by molar-refractivity contribution is 5.79. The number of nitrogens with zero attached hydrogens (tertiary/aromatic N) is 1. The van der Waals surface area contributed by atoms with Gasteiger partial charge in [-0.1, -0.05) is 0 Å². The van der Waals surface area contributed by atoms with Gasteiger partial charge in [-0.3, -0.25) is 4.79 Å². The van der Waals surface area contributed by atoms with E-state index in [4.69, 9.17) is 4.42 Å². The number of amides is 1. The van der Waals surface area contributed by atoms with Crippen molar-refractivity contribution < 1.29 is 14.3 Å². The van der Waals surface area contributed by atoms with Crippen LogP contribution in [0.5, 0.6) is 0 Å². The second-order valence-corrected chi connectivity index (χ2v) is 5.69. The van der Waals surface area contributed by atoms with Gasteiger partial charge in [0.1, 0.15) is 11.5 Å². The minimum atomic E-state index is -0.296. The molecule has 2 rings (SSSR count). The quantitative estimate of drug-likeness (QED) is 0.873. The number of aryl methyl sites for hydroxylation is 1. The Morgan fingerprint density at radius 3 is 2.83 bits per heavy atom. The van der Waals surface area contributed by atoms with Crippen molar-refractivity contribution in [3.63, 3.8) is 0 Å². The number of carbonyl (C=O) groups excluding carboxylic acids is 1. The Hall–Kier alpha value is -1.29. The summed E-state index contributed by atoms with van der Waals surface area (Å²) in [6, 6.07) is 3.72. The normalized spacial score (nSPS) is 23.1. The molecule has 1 aromatic heterocycles. The van der Waals surface area contributed by atoms with Gasteiger partial charge < -0.3 is 14.4 Å². The first-order valence-corrected chi connectivity index (χ1v) is 6.42. The molecule has 0 aromatic carbocycles. The van der Waals surface area contributed by atoms with Gasteiger partial charge in [-0.15, -0.1) is 0 Å². The van der Waals surface area contributed by atoms with E-state index in [9.17, 15) is 9.90 Å². The zero-order valence-electron chi connectivity index (χ0n) is 11.3. The van der Waals surface area contributed by atoms with Crippen LogP contribution in [-0.2, 0) is 11.2 Å². The van der Waals surface area contributed by atoms with Crippen molar-refractivity contribution in [3.05, 3.63) is 23.7 Å². The van der Waals surface area contributed by atoms with E-state index in [1.54, 1.807) is 0 Å². The number of furan rings is 1. The lowest BCUT2D eigenvalue weighted by atomic mass is 9.88. The summed E-state index contributed by atoms with van der Waals surface area (Å²) in [6.45, 7) is 6.49. The van der Waals surface area contributed by atoms with Crippen LogP contribution in [0.15, 0.2) is 16.5 Å². The van der Waals surface area contributed by atoms with E-state index < -0.39 is 0 Å². The third kappa shape index (κ3) is 2.75. The van der Waals surface area contributed by atoms with Crippen molar-refractivity contribution >= 4 is 5.91 Å². The summed E-state index contributed by atoms with van der Waals surface area (Å²) in [5, 5.41) is 9.68. The Bertz CT molecular complexity index is 436. The number of hydrogen-bond acceptors (Lipinski definition) is 3. The summed E-state index contributed by atoms with van der Waals surface area (Å²) in [6.07, 6.45) is 1.30. The molecule has 0 radical (unpaired) electrons. The summed E-state index contributed by atoms with van der Waals surface area (Å²) in [4.78, 5) is 14.1. The first-order chi connectivity index (χ1) is 8.38. The molecule has 0 spiro atoms. The smallest absolute Gasteiger partial charge is 0.230 e. The zero-order valence-corrected chi connectivity index (χ0v) is 11.3. The molecule has 0 bridgehead atoms. The average Bonchev–Trinajstić information content (AvgIpc) is 2.61. The Labute approximate surface area is 108 Å². The van der Waals surface area contributed by atoms with E-state index in [-0.39, 0.29) is 17.6 Å². The average molecular weight is 251 g/mol. The van der Waals surface area contributed by atoms with Gasteiger partial charge in [0.2, 0.25) is 5.91 Å². The summed E-state index contributed by atoms with van der Waals surface area (Å²) < 4.78 is 5.44. The van der Waals surface area contributed by atoms with E-state index in [1.165, 1.54) is 0 Å². The minimum Gasteiger partial charge on any atom is -0.466 e. The maximum absolute atomic E-state index is 12.3. The van der Waals surface area contributed by atoms with Crippen molar-refractivity contribution in [2.75, 3.05) is 6.54 Å². The second-order valence-electron chi connectivity index (χ2n) is 5.69. The molecule has 2 heterocycles. The molecule has 0 aliphatic carbocycles. The van der Waals surface area contributed by atoms with Crippen LogP contribution in [0.25, 0.3) is 0 Å². The van der Waals surface area contributed by atoms with Crippen LogP contribution in [0.2, 0.25) is 0 Å². The van der Waals surface area contributed by atoms with Crippen LogP contribution in [0.3, 0.4) is 0 Å². The third-order valence-corrected chi connectivity index (χ3v) is 3.57. The third-order valence-electron chi connectivity index (χ3n) is 3.57. The first kappa shape index (κ1) is 13.1. The zero-order chi connectivity index (χ0) is 13.3. The molecule has 1 aliphatic heterocycles. The standard InChI is InChI=1S/C14H21NO3/c1-10-4-5-12(18-10)8-13(17)15-7-6-11(16)9-14(15,2)3/h4-5,11,16H,6-9H2,1-3H3. The van der Waals surface area contributed by atoms with Crippen molar-refractivity contribution in [2.24, 2.45) is 0 Å². The molecule has 0 saturated carbocycles. The monoisotopic (exact) mass is 251 g/mol. The molecular weight excluding hydrogens is 230 g/mol. The van der Waals surface area contributed by atoms with E-state index in [1.807, 2.05) is 37.8 Å². The van der Waals surface area contributed by atoms with Gasteiger partial charge in [0.15, 0.2) is 0 Å². The number of aliphatic hydroxyl groups is 1. The van der Waals surface area contributed by atoms with Gasteiger partial charge in [-0.25, -0.2) is 0 Å². The molecule has 100 valence electrons. The number of piperidine rings is 1. The van der Waals surface area contributed by atoms with Crippen molar-refractivity contribution in [2.45, 2.75) is 51.7 Å². The minimum absolute atomic E-state index is 0.0706. The molecule has 1 aliphatic rings. The number of hydrogen-bond donors (Lipinski definition) is 1. The highest BCUT2D eigenvalue weighted by Crippen LogP contribution is 2.28. The number of carbonyl (C=O) groups is 1. The van der Waals surface area contributed by atoms with E-state index in [0.29, 0.717) is 31.6 Å². The van der Waals surface area contributed by atoms with Gasteiger partial charge in [-0.05, 0) is 45.7 Å². The van der Waals surface area contributed by atoms with Gasteiger partial charge >= 0.3 is 0 Å². The molecule has 1 N–H and O–H groups in total. The van der Waals surface area contributed by atoms with Crippen LogP contribution in [0, 0.1) is 6.92 Å². The molecule has 1 unspecified atom stereocenters. The van der Waals surface area contributed by atoms with Crippen LogP contribution < -0.4 is 0 Å². The SMILES string of the molecule is Cc1ccc(CC(=O)N2CCC(O)CC2(C)C)o1. The fourth-order valence-electron chi connectivity index (χ4n) is 2.66. The molecule has 1 saturated heterocycles. The van der Waals surface area contributed by atoms with Gasteiger partial charge in [0.05, 0.1) is 12.5 Å². The predicted molar refractivity (Wildman–Crippen MR) is 68.2 cm³/mol. The van der Waals surface area contributed by atoms with Crippen LogP contribution >= 0.6 is 0 Å². The maximum atomic E-state index is 12.3. The molecule has 1 aromatic rings. The summed E-state index contributed by atoms with van der Waals surface area (Å²) in [5.74, 6) is 1.60. The highest BCUT2D eigenvalue weighted by atomic mass is 16.3. The molecule has 1 atom stereocenters. The Morgan fingerprint density at radius 2 is 2.28 bits per heavy atom. The van der Waals surface area contributed by atoms with Crippen molar-refractivity contribution in [1.82, 2.24) is 4.90 Å². The molecule has 4 nitrogen and oxygen atoms in total. The van der Waals surface area contributed by atoms with E-state index >= 15 is 0 Å². The molecule has 1 fully saturated rings. The van der Waals surface area contributed by atoms with Crippen LogP contribution in [0.1, 0.15) is 38.2 Å². The molecule has 1 amide bonds. The molecule has 4 heteroatoms. The Balaban J connectivity index is 2.04. The van der Waals surface area contributed by atoms with Crippen molar-refractivity contribution in [3.8, 4) is 0 Å². The Kier molecular flexibility index (Phi) is 3.48. The topological polar surface area (TPSA) is 53.7 Å². The van der Waals surface area contributed by atoms with Crippen molar-refractivity contribution in [1.29, 1.82) is 0 Å². The largest absolute Gasteiger partial charge is 0.466 e. The van der Waals surface area contributed by atoms with E-state index in [0.717, 1.165) is 5.76 Å². The van der Waals surface area contributed by atoms with E-state index in [2.05, 4.69) is 0 Å². The molecular formula is C14H21NO3. The lowest BCUT2D eigenvalue weighted by molar-refractivity contribution is -0.140. The summed E-state index contributed by atoms with van der Waals surface area (Å²) in [5.41, 5.74) is -0.281. The Morgan fingerprint density at radius 1 is 1.56 bits per heavy atom. The lowest BCUT2D eigenvalue weighted by Gasteiger charge is -2.44. The van der Waals surface area contributed by atoms with Gasteiger partial charge in [-0.2, -0.15) is 0 Å². The second kappa shape index (κ2) is 4.76. The number of likely N-dealkylation sites (tertiary alicyclic amines) is 1. The number of rotatable bonds is 2. The lowest BCUT2D eigenvalue weighted by Crippen LogP contribution is -2.54. The number of aliphatic hydroxyl groups excluding tert-OH is 1. The highest BCUT2D eigenvalue weighted by Gasteiger charge is 2.36. The summed E-state index contributed by atoms with van der Waals surface area (Å²) >= 11 is 0. The van der Waals surface area contributed by atoms with Crippen LogP contribution in [-0.4, -0.2) is 34.1 Å². The predicted octanol–water partition coefficient (Wildman–Crippen LogP) is 1.89. The van der Waals surface area contributed by atoms with Gasteiger partial charge in [0.25, 0.3) is 0 Å². The van der Waals surface area contributed by atoms with Crippen LogP contribution in [0.4, 0.5) is 0 Å². The summed E-state index contributed by atoms with van der Waals surface area (Å²) in [7, 11) is 0. The molecule has 18 heavy (non-hydrogen) atoms. The fraction of sp³-hybridized carbons (Fsp3) is 0.643. The van der Waals surface area contributed by atoms with Gasteiger partial charge in [0, 0.05) is 12.1 Å².